The van der Waals surface area contributed by atoms with Crippen molar-refractivity contribution in [3.8, 4) is 11.6 Å². The van der Waals surface area contributed by atoms with E-state index in [0.29, 0.717) is 30.2 Å². The van der Waals surface area contributed by atoms with Gasteiger partial charge in [-0.15, -0.1) is 0 Å². The summed E-state index contributed by atoms with van der Waals surface area (Å²) in [6.45, 7) is 4.74. The largest absolute Gasteiger partial charge is 0.438 e. The van der Waals surface area contributed by atoms with E-state index in [4.69, 9.17) is 10.5 Å². The smallest absolute Gasteiger partial charge is 0.254 e. The Kier molecular flexibility index (Phi) is 7.21. The molecule has 1 fully saturated rings. The van der Waals surface area contributed by atoms with Crippen LogP contribution >= 0.6 is 0 Å². The van der Waals surface area contributed by atoms with Crippen LogP contribution in [-0.4, -0.2) is 41.7 Å². The Balaban J connectivity index is 1.47. The molecule has 0 saturated carbocycles. The molecular formula is C27H26N4O4. The quantitative estimate of drug-likeness (QED) is 0.366. The van der Waals surface area contributed by atoms with Gasteiger partial charge in [0.15, 0.2) is 5.78 Å². The molecule has 178 valence electrons. The van der Waals surface area contributed by atoms with Crippen LogP contribution in [0.4, 0.5) is 5.82 Å². The second-order valence-corrected chi connectivity index (χ2v) is 8.24. The topological polar surface area (TPSA) is 115 Å². The van der Waals surface area contributed by atoms with Crippen LogP contribution in [0, 0.1) is 0 Å². The number of benzene rings is 2. The molecule has 8 nitrogen and oxygen atoms in total. The number of nitrogens with one attached hydrogen (secondary N) is 1. The van der Waals surface area contributed by atoms with Crippen LogP contribution in [0.1, 0.15) is 32.7 Å². The predicted octanol–water partition coefficient (Wildman–Crippen LogP) is 3.28. The summed E-state index contributed by atoms with van der Waals surface area (Å²) in [5, 5.41) is 2.89. The Morgan fingerprint density at radius 2 is 1.83 bits per heavy atom. The lowest BCUT2D eigenvalue weighted by Crippen LogP contribution is -2.36. The van der Waals surface area contributed by atoms with Gasteiger partial charge in [-0.1, -0.05) is 49.0 Å². The number of anilines is 1. The summed E-state index contributed by atoms with van der Waals surface area (Å²) < 4.78 is 5.92. The number of pyridine rings is 1. The van der Waals surface area contributed by atoms with Crippen molar-refractivity contribution in [2.24, 2.45) is 5.73 Å². The lowest BCUT2D eigenvalue weighted by molar-refractivity contribution is -0.117. The number of Topliss-reactive ketones (excluding diaryl/α,β-unsaturated/α-hetero) is 1. The lowest BCUT2D eigenvalue weighted by atomic mass is 10.0. The first-order valence-corrected chi connectivity index (χ1v) is 11.3. The highest BCUT2D eigenvalue weighted by Gasteiger charge is 2.25. The molecule has 3 N–H and O–H groups in total. The number of amides is 2. The number of hydrogen-bond acceptors (Lipinski definition) is 6. The van der Waals surface area contributed by atoms with Gasteiger partial charge in [0.2, 0.25) is 11.8 Å². The highest BCUT2D eigenvalue weighted by Crippen LogP contribution is 2.28. The second kappa shape index (κ2) is 10.6. The SMILES string of the molecule is C=CC(=O)N[C@H]1CCN(c2ccc(C(N)=O)c(Oc3ccc(CC(=O)c4ccccc4)cc3)n2)C1. The van der Waals surface area contributed by atoms with Crippen molar-refractivity contribution in [2.75, 3.05) is 18.0 Å². The molecule has 1 aliphatic heterocycles. The van der Waals surface area contributed by atoms with E-state index in [-0.39, 0.29) is 35.6 Å². The summed E-state index contributed by atoms with van der Waals surface area (Å²) in [6.07, 6.45) is 2.28. The maximum atomic E-state index is 12.4. The first-order valence-electron chi connectivity index (χ1n) is 11.3. The Morgan fingerprint density at radius 1 is 1.09 bits per heavy atom. The number of rotatable bonds is 9. The molecule has 0 radical (unpaired) electrons. The third-order valence-corrected chi connectivity index (χ3v) is 5.75. The van der Waals surface area contributed by atoms with Gasteiger partial charge in [-0.05, 0) is 42.3 Å². The van der Waals surface area contributed by atoms with E-state index in [1.807, 2.05) is 23.1 Å². The number of ether oxygens (including phenoxy) is 1. The molecule has 8 heteroatoms. The summed E-state index contributed by atoms with van der Waals surface area (Å²) in [5.41, 5.74) is 7.19. The number of carbonyl (C=O) groups is 3. The van der Waals surface area contributed by atoms with Gasteiger partial charge in [0.05, 0.1) is 0 Å². The maximum absolute atomic E-state index is 12.4. The Morgan fingerprint density at radius 3 is 2.51 bits per heavy atom. The third kappa shape index (κ3) is 5.92. The fourth-order valence-electron chi connectivity index (χ4n) is 3.92. The van der Waals surface area contributed by atoms with Crippen molar-refractivity contribution in [3.63, 3.8) is 0 Å². The summed E-state index contributed by atoms with van der Waals surface area (Å²) in [5.74, 6) is 0.337. The number of carbonyl (C=O) groups excluding carboxylic acids is 3. The first kappa shape index (κ1) is 23.7. The summed E-state index contributed by atoms with van der Waals surface area (Å²) in [6, 6.07) is 19.5. The molecule has 4 rings (SSSR count). The van der Waals surface area contributed by atoms with Crippen molar-refractivity contribution in [1.82, 2.24) is 10.3 Å². The van der Waals surface area contributed by atoms with Crippen LogP contribution in [0.3, 0.4) is 0 Å². The van der Waals surface area contributed by atoms with Crippen LogP contribution < -0.4 is 20.7 Å². The van der Waals surface area contributed by atoms with E-state index in [1.165, 1.54) is 6.08 Å². The zero-order valence-electron chi connectivity index (χ0n) is 19.1. The van der Waals surface area contributed by atoms with Crippen LogP contribution in [0.25, 0.3) is 0 Å². The van der Waals surface area contributed by atoms with Crippen molar-refractivity contribution in [3.05, 3.63) is 96.1 Å². The zero-order chi connectivity index (χ0) is 24.8. The predicted molar refractivity (Wildman–Crippen MR) is 133 cm³/mol. The van der Waals surface area contributed by atoms with Gasteiger partial charge < -0.3 is 20.7 Å². The maximum Gasteiger partial charge on any atom is 0.254 e. The van der Waals surface area contributed by atoms with Crippen LogP contribution in [0.2, 0.25) is 0 Å². The number of ketones is 1. The van der Waals surface area contributed by atoms with E-state index in [1.54, 1.807) is 48.5 Å². The molecule has 0 bridgehead atoms. The minimum Gasteiger partial charge on any atom is -0.438 e. The Bertz CT molecular complexity index is 1240. The summed E-state index contributed by atoms with van der Waals surface area (Å²) >= 11 is 0. The van der Waals surface area contributed by atoms with Crippen molar-refractivity contribution >= 4 is 23.4 Å². The molecule has 2 heterocycles. The number of nitrogens with two attached hydrogens (primary N) is 1. The molecular weight excluding hydrogens is 444 g/mol. The molecule has 0 aliphatic carbocycles. The van der Waals surface area contributed by atoms with Crippen molar-refractivity contribution in [1.29, 1.82) is 0 Å². The van der Waals surface area contributed by atoms with Gasteiger partial charge >= 0.3 is 0 Å². The average Bonchev–Trinajstić information content (AvgIpc) is 3.34. The van der Waals surface area contributed by atoms with Crippen LogP contribution in [0.15, 0.2) is 79.4 Å². The van der Waals surface area contributed by atoms with Crippen molar-refractivity contribution < 1.29 is 19.1 Å². The van der Waals surface area contributed by atoms with Gasteiger partial charge in [-0.2, -0.15) is 4.98 Å². The molecule has 2 aromatic carbocycles. The third-order valence-electron chi connectivity index (χ3n) is 5.75. The summed E-state index contributed by atoms with van der Waals surface area (Å²) in [7, 11) is 0. The molecule has 1 aliphatic rings. The molecule has 0 unspecified atom stereocenters. The second-order valence-electron chi connectivity index (χ2n) is 8.24. The summed E-state index contributed by atoms with van der Waals surface area (Å²) in [4.78, 5) is 42.5. The fourth-order valence-corrected chi connectivity index (χ4v) is 3.92. The van der Waals surface area contributed by atoms with E-state index in [9.17, 15) is 14.4 Å². The molecule has 35 heavy (non-hydrogen) atoms. The van der Waals surface area contributed by atoms with E-state index in [2.05, 4.69) is 16.9 Å². The highest BCUT2D eigenvalue weighted by atomic mass is 16.5. The first-order chi connectivity index (χ1) is 16.9. The Labute approximate surface area is 203 Å². The number of primary amides is 1. The van der Waals surface area contributed by atoms with Crippen LogP contribution in [-0.2, 0) is 11.2 Å². The number of nitrogens with zero attached hydrogens (tertiary/aromatic N) is 2. The fraction of sp³-hybridized carbons (Fsp3) is 0.185. The monoisotopic (exact) mass is 470 g/mol. The lowest BCUT2D eigenvalue weighted by Gasteiger charge is -2.19. The van der Waals surface area contributed by atoms with Crippen LogP contribution in [0.5, 0.6) is 11.6 Å². The Hall–Kier alpha value is -4.46. The van der Waals surface area contributed by atoms with E-state index >= 15 is 0 Å². The standard InChI is InChI=1S/C27H26N4O4/c1-2-25(33)29-20-14-15-31(17-20)24-13-12-22(26(28)34)27(30-24)35-21-10-8-18(9-11-21)16-23(32)19-6-4-3-5-7-19/h2-13,20H,1,14-17H2,(H2,28,34)(H,29,33)/t20-/m0/s1. The molecule has 0 spiro atoms. The normalized spacial score (nSPS) is 14.9. The van der Waals surface area contributed by atoms with Gasteiger partial charge in [-0.3, -0.25) is 14.4 Å². The van der Waals surface area contributed by atoms with Gasteiger partial charge in [0, 0.05) is 31.1 Å². The minimum absolute atomic E-state index is 0.0198. The van der Waals surface area contributed by atoms with Gasteiger partial charge in [-0.25, -0.2) is 0 Å². The van der Waals surface area contributed by atoms with E-state index < -0.39 is 5.91 Å². The van der Waals surface area contributed by atoms with Crippen molar-refractivity contribution in [2.45, 2.75) is 18.9 Å². The minimum atomic E-state index is -0.651. The average molecular weight is 471 g/mol. The molecule has 3 aromatic rings. The molecule has 1 aromatic heterocycles. The molecule has 1 saturated heterocycles. The molecule has 2 amide bonds. The van der Waals surface area contributed by atoms with Gasteiger partial charge in [0.1, 0.15) is 17.1 Å². The number of hydrogen-bond donors (Lipinski definition) is 2. The molecule has 1 atom stereocenters. The number of aromatic nitrogens is 1. The van der Waals surface area contributed by atoms with E-state index in [0.717, 1.165) is 12.0 Å². The highest BCUT2D eigenvalue weighted by molar-refractivity contribution is 5.97. The van der Waals surface area contributed by atoms with Gasteiger partial charge in [0.25, 0.3) is 5.91 Å². The zero-order valence-corrected chi connectivity index (χ0v) is 19.1.